The van der Waals surface area contributed by atoms with Crippen LogP contribution in [-0.4, -0.2) is 36.4 Å². The first kappa shape index (κ1) is 17.6. The van der Waals surface area contributed by atoms with Gasteiger partial charge in [-0.05, 0) is 31.4 Å². The number of hydrogen-bond donors (Lipinski definition) is 2. The van der Waals surface area contributed by atoms with Gasteiger partial charge in [0.25, 0.3) is 0 Å². The van der Waals surface area contributed by atoms with Gasteiger partial charge in [-0.2, -0.15) is 13.2 Å². The molecule has 2 rings (SSSR count). The SMILES string of the molecule is O=C(NCCCCC1COC(c2ccc(O)cc2)O1)C(F)(F)F. The number of ether oxygens (including phenoxy) is 2. The van der Waals surface area contributed by atoms with Crippen molar-refractivity contribution in [3.8, 4) is 5.75 Å². The van der Waals surface area contributed by atoms with Gasteiger partial charge in [0.2, 0.25) is 0 Å². The molecule has 1 heterocycles. The Balaban J connectivity index is 1.63. The molecular formula is C15H18F3NO4. The maximum atomic E-state index is 12.0. The highest BCUT2D eigenvalue weighted by Crippen LogP contribution is 2.29. The highest BCUT2D eigenvalue weighted by atomic mass is 19.4. The summed E-state index contributed by atoms with van der Waals surface area (Å²) in [5.41, 5.74) is 0.794. The zero-order valence-electron chi connectivity index (χ0n) is 12.3. The van der Waals surface area contributed by atoms with E-state index >= 15 is 0 Å². The third-order valence-electron chi connectivity index (χ3n) is 3.41. The van der Waals surface area contributed by atoms with Crippen molar-refractivity contribution in [3.63, 3.8) is 0 Å². The van der Waals surface area contributed by atoms with Crippen LogP contribution in [0.2, 0.25) is 0 Å². The number of amides is 1. The minimum Gasteiger partial charge on any atom is -0.508 e. The van der Waals surface area contributed by atoms with Gasteiger partial charge in [-0.1, -0.05) is 12.1 Å². The summed E-state index contributed by atoms with van der Waals surface area (Å²) in [6.45, 7) is 0.383. The lowest BCUT2D eigenvalue weighted by Crippen LogP contribution is -2.37. The topological polar surface area (TPSA) is 67.8 Å². The van der Waals surface area contributed by atoms with Gasteiger partial charge in [0.05, 0.1) is 12.7 Å². The lowest BCUT2D eigenvalue weighted by molar-refractivity contribution is -0.173. The Bertz CT molecular complexity index is 518. The van der Waals surface area contributed by atoms with Crippen LogP contribution in [0.25, 0.3) is 0 Å². The summed E-state index contributed by atoms with van der Waals surface area (Å²) in [5, 5.41) is 11.1. The number of carbonyl (C=O) groups is 1. The van der Waals surface area contributed by atoms with Crippen LogP contribution in [-0.2, 0) is 14.3 Å². The third kappa shape index (κ3) is 5.40. The van der Waals surface area contributed by atoms with Crippen molar-refractivity contribution in [1.29, 1.82) is 0 Å². The van der Waals surface area contributed by atoms with Crippen molar-refractivity contribution >= 4 is 5.91 Å². The number of benzene rings is 1. The van der Waals surface area contributed by atoms with E-state index in [9.17, 15) is 23.1 Å². The molecule has 128 valence electrons. The summed E-state index contributed by atoms with van der Waals surface area (Å²) in [6, 6.07) is 6.49. The molecule has 2 unspecified atom stereocenters. The lowest BCUT2D eigenvalue weighted by Gasteiger charge is -2.12. The molecule has 0 saturated carbocycles. The van der Waals surface area contributed by atoms with Crippen LogP contribution >= 0.6 is 0 Å². The molecule has 1 aromatic rings. The number of phenols is 1. The van der Waals surface area contributed by atoms with Crippen LogP contribution in [0.15, 0.2) is 24.3 Å². The second-order valence-corrected chi connectivity index (χ2v) is 5.26. The molecule has 5 nitrogen and oxygen atoms in total. The summed E-state index contributed by atoms with van der Waals surface area (Å²) >= 11 is 0. The van der Waals surface area contributed by atoms with E-state index in [2.05, 4.69) is 0 Å². The maximum Gasteiger partial charge on any atom is 0.471 e. The van der Waals surface area contributed by atoms with Gasteiger partial charge in [0, 0.05) is 12.1 Å². The molecule has 0 radical (unpaired) electrons. The molecule has 1 amide bonds. The summed E-state index contributed by atoms with van der Waals surface area (Å²) < 4.78 is 47.1. The van der Waals surface area contributed by atoms with E-state index in [1.54, 1.807) is 24.3 Å². The fourth-order valence-corrected chi connectivity index (χ4v) is 2.20. The van der Waals surface area contributed by atoms with Gasteiger partial charge in [-0.3, -0.25) is 4.79 Å². The number of alkyl halides is 3. The Hall–Kier alpha value is -1.80. The van der Waals surface area contributed by atoms with E-state index in [0.717, 1.165) is 5.56 Å². The van der Waals surface area contributed by atoms with Crippen LogP contribution in [0.5, 0.6) is 5.75 Å². The molecular weight excluding hydrogens is 315 g/mol. The zero-order chi connectivity index (χ0) is 16.9. The van der Waals surface area contributed by atoms with Crippen LogP contribution in [0, 0.1) is 0 Å². The molecule has 0 bridgehead atoms. The number of phenolic OH excluding ortho intramolecular Hbond substituents is 1. The molecule has 0 aromatic heterocycles. The predicted octanol–water partition coefficient (Wildman–Crippen LogP) is 2.66. The van der Waals surface area contributed by atoms with Crippen molar-refractivity contribution in [3.05, 3.63) is 29.8 Å². The van der Waals surface area contributed by atoms with Gasteiger partial charge in [0.1, 0.15) is 5.75 Å². The summed E-state index contributed by atoms with van der Waals surface area (Å²) in [6.07, 6.45) is -3.77. The van der Waals surface area contributed by atoms with Gasteiger partial charge < -0.3 is 19.9 Å². The number of rotatable bonds is 6. The Morgan fingerprint density at radius 3 is 2.61 bits per heavy atom. The van der Waals surface area contributed by atoms with Gasteiger partial charge in [0.15, 0.2) is 6.29 Å². The third-order valence-corrected chi connectivity index (χ3v) is 3.41. The number of aromatic hydroxyl groups is 1. The molecule has 0 spiro atoms. The molecule has 2 N–H and O–H groups in total. The fourth-order valence-electron chi connectivity index (χ4n) is 2.20. The fraction of sp³-hybridized carbons (Fsp3) is 0.533. The Labute approximate surface area is 131 Å². The summed E-state index contributed by atoms with van der Waals surface area (Å²) in [7, 11) is 0. The first-order valence-corrected chi connectivity index (χ1v) is 7.27. The number of unbranched alkanes of at least 4 members (excludes halogenated alkanes) is 1. The number of nitrogens with one attached hydrogen (secondary N) is 1. The average molecular weight is 333 g/mol. The summed E-state index contributed by atoms with van der Waals surface area (Å²) in [4.78, 5) is 10.6. The quantitative estimate of drug-likeness (QED) is 0.786. The van der Waals surface area contributed by atoms with E-state index in [0.29, 0.717) is 25.9 Å². The summed E-state index contributed by atoms with van der Waals surface area (Å²) in [5.74, 6) is -1.76. The van der Waals surface area contributed by atoms with Crippen molar-refractivity contribution in [2.24, 2.45) is 0 Å². The van der Waals surface area contributed by atoms with Crippen LogP contribution in [0.4, 0.5) is 13.2 Å². The van der Waals surface area contributed by atoms with Gasteiger partial charge in [-0.25, -0.2) is 0 Å². The maximum absolute atomic E-state index is 12.0. The van der Waals surface area contributed by atoms with Crippen molar-refractivity contribution in [2.75, 3.05) is 13.2 Å². The second kappa shape index (κ2) is 7.65. The largest absolute Gasteiger partial charge is 0.508 e. The Morgan fingerprint density at radius 1 is 1.26 bits per heavy atom. The molecule has 1 aliphatic rings. The number of hydrogen-bond acceptors (Lipinski definition) is 4. The lowest BCUT2D eigenvalue weighted by atomic mass is 10.1. The van der Waals surface area contributed by atoms with Crippen LogP contribution < -0.4 is 5.32 Å². The van der Waals surface area contributed by atoms with Crippen LogP contribution in [0.3, 0.4) is 0 Å². The van der Waals surface area contributed by atoms with Gasteiger partial charge >= 0.3 is 12.1 Å². The highest BCUT2D eigenvalue weighted by Gasteiger charge is 2.38. The van der Waals surface area contributed by atoms with Gasteiger partial charge in [-0.15, -0.1) is 0 Å². The normalized spacial score (nSPS) is 21.3. The van der Waals surface area contributed by atoms with E-state index in [1.165, 1.54) is 0 Å². The number of carbonyl (C=O) groups excluding carboxylic acids is 1. The molecule has 8 heteroatoms. The second-order valence-electron chi connectivity index (χ2n) is 5.26. The number of halogens is 3. The Kier molecular flexibility index (Phi) is 5.84. The molecule has 23 heavy (non-hydrogen) atoms. The van der Waals surface area contributed by atoms with Crippen molar-refractivity contribution in [1.82, 2.24) is 5.32 Å². The first-order chi connectivity index (χ1) is 10.9. The molecule has 1 aliphatic heterocycles. The minimum absolute atomic E-state index is 0.0205. The molecule has 1 aromatic carbocycles. The standard InChI is InChI=1S/C15H18F3NO4/c16-15(17,18)14(21)19-8-2-1-3-12-9-22-13(23-12)10-4-6-11(20)7-5-10/h4-7,12-13,20H,1-3,8-9H2,(H,19,21). The molecule has 0 aliphatic carbocycles. The first-order valence-electron chi connectivity index (χ1n) is 7.27. The smallest absolute Gasteiger partial charge is 0.471 e. The van der Waals surface area contributed by atoms with Crippen molar-refractivity contribution in [2.45, 2.75) is 37.8 Å². The van der Waals surface area contributed by atoms with E-state index in [1.807, 2.05) is 5.32 Å². The highest BCUT2D eigenvalue weighted by molar-refractivity contribution is 5.81. The van der Waals surface area contributed by atoms with E-state index in [4.69, 9.17) is 9.47 Å². The molecule has 2 atom stereocenters. The molecule has 1 saturated heterocycles. The predicted molar refractivity (Wildman–Crippen MR) is 74.6 cm³/mol. The zero-order valence-corrected chi connectivity index (χ0v) is 12.3. The average Bonchev–Trinajstić information content (AvgIpc) is 2.95. The molecule has 1 fully saturated rings. The van der Waals surface area contributed by atoms with E-state index in [-0.39, 0.29) is 18.4 Å². The van der Waals surface area contributed by atoms with E-state index < -0.39 is 18.4 Å². The monoisotopic (exact) mass is 333 g/mol. The van der Waals surface area contributed by atoms with Crippen LogP contribution in [0.1, 0.15) is 31.1 Å². The minimum atomic E-state index is -4.83. The Morgan fingerprint density at radius 2 is 1.96 bits per heavy atom. The van der Waals surface area contributed by atoms with Crippen molar-refractivity contribution < 1.29 is 32.5 Å².